The average Bonchev–Trinajstić information content (AvgIpc) is 3.12. The van der Waals surface area contributed by atoms with Crippen LogP contribution in [0.3, 0.4) is 0 Å². The summed E-state index contributed by atoms with van der Waals surface area (Å²) in [4.78, 5) is 19.1. The molecule has 0 saturated carbocycles. The summed E-state index contributed by atoms with van der Waals surface area (Å²) < 4.78 is 20.2. The smallest absolute Gasteiger partial charge is 0.259 e. The number of hydrogen-bond acceptors (Lipinski definition) is 4. The molecule has 4 rings (SSSR count). The number of carbonyl (C=O) groups excluding carboxylic acids is 1. The highest BCUT2D eigenvalue weighted by molar-refractivity contribution is 6.00. The van der Waals surface area contributed by atoms with Crippen molar-refractivity contribution >= 4 is 11.6 Å². The molecule has 3 aromatic rings. The number of carbonyl (C=O) groups is 1. The molecule has 0 spiro atoms. The molecule has 0 N–H and O–H groups in total. The molecule has 0 aliphatic carbocycles. The van der Waals surface area contributed by atoms with Gasteiger partial charge in [0, 0.05) is 38.1 Å². The first-order valence-corrected chi connectivity index (χ1v) is 8.59. The molecular weight excluding hydrogens is 335 g/mol. The lowest BCUT2D eigenvalue weighted by Gasteiger charge is -2.30. The molecule has 0 radical (unpaired) electrons. The maximum Gasteiger partial charge on any atom is 0.259 e. The van der Waals surface area contributed by atoms with E-state index in [1.807, 2.05) is 7.05 Å². The second-order valence-electron chi connectivity index (χ2n) is 6.39. The van der Waals surface area contributed by atoms with E-state index in [1.54, 1.807) is 40.0 Å². The van der Waals surface area contributed by atoms with Crippen LogP contribution in [0.5, 0.6) is 0 Å². The van der Waals surface area contributed by atoms with Crippen LogP contribution in [-0.2, 0) is 4.74 Å². The van der Waals surface area contributed by atoms with Crippen LogP contribution in [-0.4, -0.2) is 51.7 Å². The number of fused-ring (bicyclic) bond motifs is 1. The third-order valence-corrected chi connectivity index (χ3v) is 4.83. The van der Waals surface area contributed by atoms with Crippen molar-refractivity contribution in [2.45, 2.75) is 18.9 Å². The maximum atomic E-state index is 13.2. The Bertz CT molecular complexity index is 932. The molecule has 1 aliphatic rings. The molecule has 3 heterocycles. The molecule has 1 aliphatic heterocycles. The van der Waals surface area contributed by atoms with Gasteiger partial charge in [-0.1, -0.05) is 0 Å². The second-order valence-corrected chi connectivity index (χ2v) is 6.39. The van der Waals surface area contributed by atoms with Gasteiger partial charge in [0.05, 0.1) is 11.9 Å². The fraction of sp³-hybridized carbons (Fsp3) is 0.316. The molecule has 6 nitrogen and oxygen atoms in total. The predicted octanol–water partition coefficient (Wildman–Crippen LogP) is 2.79. The Hall–Kier alpha value is -2.80. The highest BCUT2D eigenvalue weighted by Crippen LogP contribution is 2.23. The molecular formula is C19H19FN4O2. The number of hydrogen-bond donors (Lipinski definition) is 0. The summed E-state index contributed by atoms with van der Waals surface area (Å²) in [5.74, 6) is -0.399. The summed E-state index contributed by atoms with van der Waals surface area (Å²) in [7, 11) is 1.81. The van der Waals surface area contributed by atoms with E-state index in [-0.39, 0.29) is 17.8 Å². The topological polar surface area (TPSA) is 59.7 Å². The Morgan fingerprint density at radius 2 is 1.96 bits per heavy atom. The van der Waals surface area contributed by atoms with E-state index in [0.717, 1.165) is 24.1 Å². The lowest BCUT2D eigenvalue weighted by Crippen LogP contribution is -2.40. The second kappa shape index (κ2) is 6.84. The summed E-state index contributed by atoms with van der Waals surface area (Å²) in [6.45, 7) is 1.34. The van der Waals surface area contributed by atoms with Crippen LogP contribution >= 0.6 is 0 Å². The molecule has 1 saturated heterocycles. The summed E-state index contributed by atoms with van der Waals surface area (Å²) in [6, 6.07) is 8.12. The van der Waals surface area contributed by atoms with Crippen LogP contribution < -0.4 is 0 Å². The number of halogens is 1. The van der Waals surface area contributed by atoms with Gasteiger partial charge in [-0.2, -0.15) is 5.10 Å². The van der Waals surface area contributed by atoms with E-state index in [9.17, 15) is 9.18 Å². The van der Waals surface area contributed by atoms with Crippen molar-refractivity contribution in [1.82, 2.24) is 19.5 Å². The highest BCUT2D eigenvalue weighted by Gasteiger charge is 2.26. The van der Waals surface area contributed by atoms with Crippen LogP contribution in [0.1, 0.15) is 23.2 Å². The van der Waals surface area contributed by atoms with E-state index in [1.165, 1.54) is 12.1 Å². The van der Waals surface area contributed by atoms with Gasteiger partial charge in [0.2, 0.25) is 0 Å². The van der Waals surface area contributed by atoms with E-state index >= 15 is 0 Å². The number of ether oxygens (including phenoxy) is 1. The molecule has 0 unspecified atom stereocenters. The first-order valence-electron chi connectivity index (χ1n) is 8.59. The average molecular weight is 354 g/mol. The minimum Gasteiger partial charge on any atom is -0.381 e. The fourth-order valence-electron chi connectivity index (χ4n) is 3.31. The molecule has 0 atom stereocenters. The van der Waals surface area contributed by atoms with Crippen molar-refractivity contribution < 1.29 is 13.9 Å². The summed E-state index contributed by atoms with van der Waals surface area (Å²) >= 11 is 0. The van der Waals surface area contributed by atoms with Crippen molar-refractivity contribution in [2.24, 2.45) is 0 Å². The Kier molecular flexibility index (Phi) is 4.38. The van der Waals surface area contributed by atoms with Gasteiger partial charge >= 0.3 is 0 Å². The first-order chi connectivity index (χ1) is 12.6. The van der Waals surface area contributed by atoms with Crippen LogP contribution in [0.15, 0.2) is 42.7 Å². The summed E-state index contributed by atoms with van der Waals surface area (Å²) in [5, 5.41) is 4.35. The van der Waals surface area contributed by atoms with Crippen molar-refractivity contribution in [3.05, 3.63) is 54.1 Å². The molecule has 7 heteroatoms. The van der Waals surface area contributed by atoms with E-state index in [2.05, 4.69) is 10.1 Å². The fourth-order valence-corrected chi connectivity index (χ4v) is 3.31. The van der Waals surface area contributed by atoms with Gasteiger partial charge in [0.1, 0.15) is 11.4 Å². The molecule has 26 heavy (non-hydrogen) atoms. The third kappa shape index (κ3) is 2.94. The Morgan fingerprint density at radius 3 is 2.69 bits per heavy atom. The van der Waals surface area contributed by atoms with Gasteiger partial charge < -0.3 is 9.64 Å². The van der Waals surface area contributed by atoms with Crippen LogP contribution in [0.4, 0.5) is 4.39 Å². The van der Waals surface area contributed by atoms with Gasteiger partial charge in [-0.15, -0.1) is 0 Å². The lowest BCUT2D eigenvalue weighted by molar-refractivity contribution is 0.0363. The molecule has 1 amide bonds. The monoisotopic (exact) mass is 354 g/mol. The molecule has 0 bridgehead atoms. The van der Waals surface area contributed by atoms with Crippen LogP contribution in [0.2, 0.25) is 0 Å². The van der Waals surface area contributed by atoms with Gasteiger partial charge in [-0.05, 0) is 43.2 Å². The van der Waals surface area contributed by atoms with E-state index < -0.39 is 0 Å². The Morgan fingerprint density at radius 1 is 1.23 bits per heavy atom. The van der Waals surface area contributed by atoms with Crippen LogP contribution in [0.25, 0.3) is 16.9 Å². The van der Waals surface area contributed by atoms with Crippen molar-refractivity contribution in [3.63, 3.8) is 0 Å². The molecule has 1 fully saturated rings. The minimum atomic E-state index is -0.298. The quantitative estimate of drug-likeness (QED) is 0.726. The Labute approximate surface area is 150 Å². The summed E-state index contributed by atoms with van der Waals surface area (Å²) in [5.41, 5.74) is 2.51. The van der Waals surface area contributed by atoms with Gasteiger partial charge in [0.15, 0.2) is 5.65 Å². The van der Waals surface area contributed by atoms with Crippen molar-refractivity contribution in [3.8, 4) is 11.3 Å². The zero-order valence-electron chi connectivity index (χ0n) is 14.4. The number of nitrogens with zero attached hydrogens (tertiary/aromatic N) is 4. The number of benzene rings is 1. The third-order valence-electron chi connectivity index (χ3n) is 4.83. The van der Waals surface area contributed by atoms with Crippen molar-refractivity contribution in [1.29, 1.82) is 0 Å². The molecule has 1 aromatic carbocycles. The minimum absolute atomic E-state index is 0.101. The standard InChI is InChI=1S/C19H19FN4O2/c1-23(15-7-10-26-11-8-15)19(25)16-12-22-24-17(6-9-21-18(16)24)13-2-4-14(20)5-3-13/h2-6,9,12,15H,7-8,10-11H2,1H3. The van der Waals surface area contributed by atoms with Crippen molar-refractivity contribution in [2.75, 3.05) is 20.3 Å². The highest BCUT2D eigenvalue weighted by atomic mass is 19.1. The number of aromatic nitrogens is 3. The predicted molar refractivity (Wildman–Crippen MR) is 94.3 cm³/mol. The summed E-state index contributed by atoms with van der Waals surface area (Å²) in [6.07, 6.45) is 4.85. The number of amides is 1. The Balaban J connectivity index is 1.70. The van der Waals surface area contributed by atoms with E-state index in [0.29, 0.717) is 24.4 Å². The van der Waals surface area contributed by atoms with E-state index in [4.69, 9.17) is 4.74 Å². The lowest BCUT2D eigenvalue weighted by atomic mass is 10.1. The zero-order chi connectivity index (χ0) is 18.1. The van der Waals surface area contributed by atoms with Gasteiger partial charge in [0.25, 0.3) is 5.91 Å². The maximum absolute atomic E-state index is 13.2. The SMILES string of the molecule is CN(C(=O)c1cnn2c(-c3ccc(F)cc3)ccnc12)C1CCOCC1. The number of rotatable bonds is 3. The molecule has 134 valence electrons. The molecule has 2 aromatic heterocycles. The first kappa shape index (κ1) is 16.7. The normalized spacial score (nSPS) is 15.3. The van der Waals surface area contributed by atoms with Crippen LogP contribution in [0, 0.1) is 5.82 Å². The van der Waals surface area contributed by atoms with Gasteiger partial charge in [-0.25, -0.2) is 13.9 Å². The largest absolute Gasteiger partial charge is 0.381 e. The zero-order valence-corrected chi connectivity index (χ0v) is 14.4. The van der Waals surface area contributed by atoms with Gasteiger partial charge in [-0.3, -0.25) is 4.79 Å².